The highest BCUT2D eigenvalue weighted by Gasteiger charge is 2.21. The fourth-order valence-corrected chi connectivity index (χ4v) is 2.76. The first kappa shape index (κ1) is 13.5. The normalized spacial score (nSPS) is 14.5. The van der Waals surface area contributed by atoms with Gasteiger partial charge in [-0.25, -0.2) is 4.98 Å². The van der Waals surface area contributed by atoms with E-state index < -0.39 is 0 Å². The second kappa shape index (κ2) is 5.51. The van der Waals surface area contributed by atoms with Crippen LogP contribution in [0.4, 0.5) is 0 Å². The molecule has 1 aromatic heterocycles. The number of nitrogens with zero attached hydrogens (tertiary/aromatic N) is 3. The molecule has 1 aromatic carbocycles. The monoisotopic (exact) mass is 280 g/mol. The summed E-state index contributed by atoms with van der Waals surface area (Å²) < 4.78 is 0. The SMILES string of the molecule is Cc1nc2c(c(=O)[nH]1)CCN(Cc1ccccc1C#N)C2. The van der Waals surface area contributed by atoms with Crippen molar-refractivity contribution in [1.29, 1.82) is 5.26 Å². The highest BCUT2D eigenvalue weighted by Crippen LogP contribution is 2.18. The van der Waals surface area contributed by atoms with E-state index in [0.29, 0.717) is 30.9 Å². The standard InChI is InChI=1S/C16H16N4O/c1-11-18-15-10-20(7-6-14(15)16(21)19-11)9-13-5-3-2-4-12(13)8-17/h2-5H,6-7,9-10H2,1H3,(H,18,19,21). The van der Waals surface area contributed by atoms with E-state index in [9.17, 15) is 4.79 Å². The maximum atomic E-state index is 11.9. The van der Waals surface area contributed by atoms with E-state index in [1.807, 2.05) is 24.3 Å². The Bertz CT molecular complexity index is 773. The van der Waals surface area contributed by atoms with Crippen LogP contribution in [0.15, 0.2) is 29.1 Å². The smallest absolute Gasteiger partial charge is 0.254 e. The average molecular weight is 280 g/mol. The molecule has 1 N–H and O–H groups in total. The van der Waals surface area contributed by atoms with Crippen molar-refractivity contribution in [2.45, 2.75) is 26.4 Å². The topological polar surface area (TPSA) is 72.8 Å². The van der Waals surface area contributed by atoms with E-state index in [-0.39, 0.29) is 5.56 Å². The number of aromatic amines is 1. The third-order valence-corrected chi connectivity index (χ3v) is 3.80. The van der Waals surface area contributed by atoms with Crippen LogP contribution in [0.5, 0.6) is 0 Å². The van der Waals surface area contributed by atoms with Gasteiger partial charge in [0.25, 0.3) is 5.56 Å². The molecule has 0 saturated carbocycles. The molecule has 3 rings (SSSR count). The van der Waals surface area contributed by atoms with E-state index >= 15 is 0 Å². The number of rotatable bonds is 2. The number of benzene rings is 1. The summed E-state index contributed by atoms with van der Waals surface area (Å²) in [4.78, 5) is 21.3. The van der Waals surface area contributed by atoms with Crippen LogP contribution < -0.4 is 5.56 Å². The Kier molecular flexibility index (Phi) is 3.55. The fourth-order valence-electron chi connectivity index (χ4n) is 2.76. The van der Waals surface area contributed by atoms with E-state index in [1.54, 1.807) is 6.92 Å². The molecule has 0 amide bonds. The second-order valence-corrected chi connectivity index (χ2v) is 5.31. The Balaban J connectivity index is 1.84. The molecule has 106 valence electrons. The summed E-state index contributed by atoms with van der Waals surface area (Å²) in [5.74, 6) is 0.651. The summed E-state index contributed by atoms with van der Waals surface area (Å²) in [5, 5.41) is 9.15. The number of aryl methyl sites for hydroxylation is 1. The van der Waals surface area contributed by atoms with Crippen LogP contribution >= 0.6 is 0 Å². The molecule has 2 heterocycles. The number of aromatic nitrogens is 2. The number of hydrogen-bond acceptors (Lipinski definition) is 4. The molecular formula is C16H16N4O. The first-order chi connectivity index (χ1) is 10.2. The molecule has 21 heavy (non-hydrogen) atoms. The van der Waals surface area contributed by atoms with Crippen molar-refractivity contribution in [2.24, 2.45) is 0 Å². The highest BCUT2D eigenvalue weighted by atomic mass is 16.1. The summed E-state index contributed by atoms with van der Waals surface area (Å²) in [6.07, 6.45) is 0.701. The molecule has 0 aliphatic carbocycles. The van der Waals surface area contributed by atoms with Crippen molar-refractivity contribution in [1.82, 2.24) is 14.9 Å². The highest BCUT2D eigenvalue weighted by molar-refractivity contribution is 5.37. The fraction of sp³-hybridized carbons (Fsp3) is 0.312. The molecule has 2 aromatic rings. The van der Waals surface area contributed by atoms with Crippen molar-refractivity contribution >= 4 is 0 Å². The molecule has 1 aliphatic heterocycles. The lowest BCUT2D eigenvalue weighted by Gasteiger charge is -2.27. The summed E-state index contributed by atoms with van der Waals surface area (Å²) in [5.41, 5.74) is 3.36. The van der Waals surface area contributed by atoms with Gasteiger partial charge in [-0.15, -0.1) is 0 Å². The summed E-state index contributed by atoms with van der Waals surface area (Å²) >= 11 is 0. The van der Waals surface area contributed by atoms with Crippen molar-refractivity contribution in [3.05, 3.63) is 62.8 Å². The predicted molar refractivity (Wildman–Crippen MR) is 78.6 cm³/mol. The van der Waals surface area contributed by atoms with Gasteiger partial charge in [0.1, 0.15) is 5.82 Å². The molecule has 0 fully saturated rings. The molecule has 0 spiro atoms. The quantitative estimate of drug-likeness (QED) is 0.905. The van der Waals surface area contributed by atoms with Gasteiger partial charge in [-0.1, -0.05) is 18.2 Å². The van der Waals surface area contributed by atoms with Crippen LogP contribution in [-0.4, -0.2) is 21.4 Å². The van der Waals surface area contributed by atoms with Crippen molar-refractivity contribution in [3.63, 3.8) is 0 Å². The zero-order valence-electron chi connectivity index (χ0n) is 11.9. The van der Waals surface area contributed by atoms with Crippen LogP contribution in [0.25, 0.3) is 0 Å². The molecule has 0 atom stereocenters. The summed E-state index contributed by atoms with van der Waals surface area (Å²) in [6.45, 7) is 3.96. The molecule has 0 radical (unpaired) electrons. The zero-order chi connectivity index (χ0) is 14.8. The second-order valence-electron chi connectivity index (χ2n) is 5.31. The Hall–Kier alpha value is -2.45. The van der Waals surface area contributed by atoms with Gasteiger partial charge in [0.15, 0.2) is 0 Å². The zero-order valence-corrected chi connectivity index (χ0v) is 11.9. The lowest BCUT2D eigenvalue weighted by molar-refractivity contribution is 0.240. The largest absolute Gasteiger partial charge is 0.311 e. The van der Waals surface area contributed by atoms with Gasteiger partial charge in [0.05, 0.1) is 17.3 Å². The van der Waals surface area contributed by atoms with Crippen LogP contribution in [0, 0.1) is 18.3 Å². The maximum Gasteiger partial charge on any atom is 0.254 e. The third kappa shape index (κ3) is 2.71. The minimum absolute atomic E-state index is 0.0189. The lowest BCUT2D eigenvalue weighted by Crippen LogP contribution is -2.35. The van der Waals surface area contributed by atoms with Crippen molar-refractivity contribution in [3.8, 4) is 6.07 Å². The van der Waals surface area contributed by atoms with Crippen LogP contribution in [-0.2, 0) is 19.5 Å². The third-order valence-electron chi connectivity index (χ3n) is 3.80. The van der Waals surface area contributed by atoms with Gasteiger partial charge in [-0.05, 0) is 25.0 Å². The number of H-pyrrole nitrogens is 1. The minimum atomic E-state index is -0.0189. The predicted octanol–water partition coefficient (Wildman–Crippen LogP) is 1.51. The molecule has 0 unspecified atom stereocenters. The molecular weight excluding hydrogens is 264 g/mol. The van der Waals surface area contributed by atoms with Crippen molar-refractivity contribution < 1.29 is 0 Å². The van der Waals surface area contributed by atoms with Gasteiger partial charge in [0.2, 0.25) is 0 Å². The Morgan fingerprint density at radius 2 is 2.24 bits per heavy atom. The Morgan fingerprint density at radius 1 is 1.43 bits per heavy atom. The van der Waals surface area contributed by atoms with Gasteiger partial charge in [-0.2, -0.15) is 5.26 Å². The van der Waals surface area contributed by atoms with Crippen LogP contribution in [0.2, 0.25) is 0 Å². The first-order valence-corrected chi connectivity index (χ1v) is 6.96. The van der Waals surface area contributed by atoms with Crippen molar-refractivity contribution in [2.75, 3.05) is 6.54 Å². The molecule has 0 bridgehead atoms. The van der Waals surface area contributed by atoms with E-state index in [4.69, 9.17) is 5.26 Å². The average Bonchev–Trinajstić information content (AvgIpc) is 2.47. The lowest BCUT2D eigenvalue weighted by atomic mass is 10.0. The Labute approximate surface area is 122 Å². The maximum absolute atomic E-state index is 11.9. The number of nitrogens with one attached hydrogen (secondary N) is 1. The van der Waals surface area contributed by atoms with Gasteiger partial charge in [0, 0.05) is 25.2 Å². The van der Waals surface area contributed by atoms with Gasteiger partial charge in [-0.3, -0.25) is 9.69 Å². The minimum Gasteiger partial charge on any atom is -0.311 e. The Morgan fingerprint density at radius 3 is 3.05 bits per heavy atom. The number of nitriles is 1. The summed E-state index contributed by atoms with van der Waals surface area (Å²) in [6, 6.07) is 9.85. The van der Waals surface area contributed by atoms with E-state index in [0.717, 1.165) is 23.4 Å². The van der Waals surface area contributed by atoms with E-state index in [1.165, 1.54) is 0 Å². The van der Waals surface area contributed by atoms with Gasteiger partial charge >= 0.3 is 0 Å². The number of fused-ring (bicyclic) bond motifs is 1. The molecule has 5 heteroatoms. The first-order valence-electron chi connectivity index (χ1n) is 6.96. The summed E-state index contributed by atoms with van der Waals surface area (Å²) in [7, 11) is 0. The molecule has 1 aliphatic rings. The van der Waals surface area contributed by atoms with E-state index in [2.05, 4.69) is 20.9 Å². The molecule has 0 saturated heterocycles. The number of hydrogen-bond donors (Lipinski definition) is 1. The van der Waals surface area contributed by atoms with Crippen LogP contribution in [0.3, 0.4) is 0 Å². The molecule has 5 nitrogen and oxygen atoms in total. The van der Waals surface area contributed by atoms with Crippen LogP contribution in [0.1, 0.15) is 28.2 Å². The van der Waals surface area contributed by atoms with Gasteiger partial charge < -0.3 is 4.98 Å².